The maximum Gasteiger partial charge on any atom is 0.0571 e. The molecule has 0 atom stereocenters. The lowest BCUT2D eigenvalue weighted by Gasteiger charge is -2.15. The predicted octanol–water partition coefficient (Wildman–Crippen LogP) is 12.8. The van der Waals surface area contributed by atoms with Crippen LogP contribution in [0.1, 0.15) is 23.6 Å². The lowest BCUT2D eigenvalue weighted by Crippen LogP contribution is -2.29. The fraction of sp³-hybridized carbons (Fsp3) is 0.0179. The number of hydrogen-bond acceptors (Lipinski definition) is 1. The Morgan fingerprint density at radius 3 is 1.79 bits per heavy atom. The average molecular weight is 739 g/mol. The molecular weight excluding hydrogens is 701 g/mol. The maximum absolute atomic E-state index is 4.57. The van der Waals surface area contributed by atoms with Gasteiger partial charge >= 0.3 is 0 Å². The quantitative estimate of drug-likeness (QED) is 0.172. The summed E-state index contributed by atoms with van der Waals surface area (Å²) in [5.41, 5.74) is 11.9. The first-order valence-corrected chi connectivity index (χ1v) is 19.9. The minimum absolute atomic E-state index is 1.14. The highest BCUT2D eigenvalue weighted by Gasteiger charge is 2.16. The number of benzene rings is 9. The molecule has 0 aliphatic rings. The van der Waals surface area contributed by atoms with E-state index in [1.54, 1.807) is 0 Å². The van der Waals surface area contributed by atoms with E-state index in [0.717, 1.165) is 16.6 Å². The molecule has 0 saturated carbocycles. The van der Waals surface area contributed by atoms with Crippen LogP contribution in [0.5, 0.6) is 0 Å². The monoisotopic (exact) mass is 738 g/mol. The third kappa shape index (κ3) is 5.61. The zero-order valence-corrected chi connectivity index (χ0v) is 32.1. The van der Waals surface area contributed by atoms with E-state index in [2.05, 4.69) is 217 Å². The summed E-state index contributed by atoms with van der Waals surface area (Å²) in [5.74, 6) is 0. The minimum atomic E-state index is 1.14. The fourth-order valence-corrected chi connectivity index (χ4v) is 9.09. The van der Waals surface area contributed by atoms with Gasteiger partial charge in [-0.1, -0.05) is 170 Å². The molecule has 2 heterocycles. The van der Waals surface area contributed by atoms with Gasteiger partial charge < -0.3 is 4.57 Å². The van der Waals surface area contributed by atoms with Crippen molar-refractivity contribution < 1.29 is 0 Å². The first-order valence-electron chi connectivity index (χ1n) is 19.9. The van der Waals surface area contributed by atoms with Crippen molar-refractivity contribution in [3.8, 4) is 16.8 Å². The molecule has 0 spiro atoms. The Morgan fingerprint density at radius 1 is 0.414 bits per heavy atom. The lowest BCUT2D eigenvalue weighted by atomic mass is 9.89. The minimum Gasteiger partial charge on any atom is -0.309 e. The van der Waals surface area contributed by atoms with Crippen LogP contribution in [0.25, 0.3) is 82.1 Å². The Hall–Kier alpha value is -7.55. The van der Waals surface area contributed by atoms with Gasteiger partial charge in [-0.3, -0.25) is 4.98 Å². The van der Waals surface area contributed by atoms with Gasteiger partial charge in [-0.05, 0) is 119 Å². The largest absolute Gasteiger partial charge is 0.309 e. The summed E-state index contributed by atoms with van der Waals surface area (Å²) in [5, 5.41) is 12.2. The van der Waals surface area contributed by atoms with Gasteiger partial charge in [0.25, 0.3) is 0 Å². The Labute approximate surface area is 336 Å². The third-order valence-electron chi connectivity index (χ3n) is 11.9. The number of nitrogens with zero attached hydrogens (tertiary/aromatic N) is 2. The summed E-state index contributed by atoms with van der Waals surface area (Å²) in [6, 6.07) is 73.1. The van der Waals surface area contributed by atoms with E-state index >= 15 is 0 Å². The van der Waals surface area contributed by atoms with Crippen LogP contribution in [0.15, 0.2) is 213 Å². The summed E-state index contributed by atoms with van der Waals surface area (Å²) >= 11 is 0. The van der Waals surface area contributed by atoms with Gasteiger partial charge in [0, 0.05) is 28.9 Å². The summed E-state index contributed by atoms with van der Waals surface area (Å²) in [4.78, 5) is 4.57. The van der Waals surface area contributed by atoms with E-state index in [9.17, 15) is 0 Å². The van der Waals surface area contributed by atoms with Gasteiger partial charge in [-0.2, -0.15) is 0 Å². The first-order chi connectivity index (χ1) is 28.7. The van der Waals surface area contributed by atoms with Gasteiger partial charge in [-0.25, -0.2) is 0 Å². The molecule has 0 bridgehead atoms. The summed E-state index contributed by atoms with van der Waals surface area (Å²) in [7, 11) is 0. The van der Waals surface area contributed by atoms with Crippen molar-refractivity contribution in [1.82, 2.24) is 9.55 Å². The van der Waals surface area contributed by atoms with Crippen LogP contribution >= 0.6 is 0 Å². The highest BCUT2D eigenvalue weighted by molar-refractivity contribution is 6.10. The van der Waals surface area contributed by atoms with Crippen LogP contribution in [0, 0.1) is 0 Å². The maximum atomic E-state index is 4.57. The molecule has 2 nitrogen and oxygen atoms in total. The molecule has 0 saturated heterocycles. The normalized spacial score (nSPS) is 12.8. The van der Waals surface area contributed by atoms with Crippen molar-refractivity contribution >= 4 is 65.3 Å². The molecule has 0 N–H and O–H groups in total. The van der Waals surface area contributed by atoms with Gasteiger partial charge in [-0.15, -0.1) is 0 Å². The Morgan fingerprint density at radius 2 is 1.02 bits per heavy atom. The van der Waals surface area contributed by atoms with E-state index in [1.165, 1.54) is 92.6 Å². The smallest absolute Gasteiger partial charge is 0.0571 e. The van der Waals surface area contributed by atoms with E-state index in [0.29, 0.717) is 0 Å². The highest BCUT2D eigenvalue weighted by Crippen LogP contribution is 2.36. The zero-order chi connectivity index (χ0) is 38.6. The fourth-order valence-electron chi connectivity index (χ4n) is 9.09. The van der Waals surface area contributed by atoms with Crippen molar-refractivity contribution in [2.45, 2.75) is 6.92 Å². The molecule has 272 valence electrons. The van der Waals surface area contributed by atoms with Crippen molar-refractivity contribution in [2.24, 2.45) is 0 Å². The van der Waals surface area contributed by atoms with Crippen LogP contribution < -0.4 is 10.4 Å². The molecule has 0 unspecified atom stereocenters. The second-order valence-corrected chi connectivity index (χ2v) is 15.2. The number of pyridine rings is 1. The Balaban J connectivity index is 1.10. The molecule has 0 radical (unpaired) electrons. The molecule has 0 fully saturated rings. The van der Waals surface area contributed by atoms with Gasteiger partial charge in [0.1, 0.15) is 0 Å². The molecule has 11 aromatic rings. The van der Waals surface area contributed by atoms with Crippen LogP contribution in [0.4, 0.5) is 0 Å². The van der Waals surface area contributed by atoms with E-state index in [-0.39, 0.29) is 0 Å². The average Bonchev–Trinajstić information content (AvgIpc) is 3.63. The van der Waals surface area contributed by atoms with Crippen LogP contribution in [0.2, 0.25) is 0 Å². The van der Waals surface area contributed by atoms with E-state index in [4.69, 9.17) is 0 Å². The lowest BCUT2D eigenvalue weighted by molar-refractivity contribution is 1.18. The molecular formula is C56H38N2. The second kappa shape index (κ2) is 13.9. The summed E-state index contributed by atoms with van der Waals surface area (Å²) in [6.07, 6.45) is 3.89. The number of aromatic nitrogens is 2. The molecule has 0 amide bonds. The third-order valence-corrected chi connectivity index (χ3v) is 11.9. The van der Waals surface area contributed by atoms with Crippen molar-refractivity contribution in [1.29, 1.82) is 0 Å². The zero-order valence-electron chi connectivity index (χ0n) is 32.1. The van der Waals surface area contributed by atoms with E-state index < -0.39 is 0 Å². The molecule has 9 aromatic carbocycles. The van der Waals surface area contributed by atoms with Crippen molar-refractivity contribution in [3.63, 3.8) is 0 Å². The SMILES string of the molecule is C/C(c1cccc2ccccc12)=c1/cccc/c1=C(/c1ccc(-c2ccc3c(c2)c2cnccc2n3-c2ccc3ccccc3c2)cc1)c1cccc2ccccc12. The topological polar surface area (TPSA) is 17.8 Å². The first kappa shape index (κ1) is 33.8. The Kier molecular flexibility index (Phi) is 8.08. The highest BCUT2D eigenvalue weighted by atomic mass is 15.0. The standard InChI is InChI=1S/C56H38N2/c1-37(46-22-10-16-40-13-4-6-19-48(40)46)47-18-8-9-21-50(47)56(51-23-11-17-41-14-5-7-20-49(41)51)42-26-24-39(25-27-42)44-29-31-54-52(35-44)53-36-57-33-32-55(53)58(54)45-30-28-38-12-2-3-15-43(38)34-45/h2-36H,1H3/b47-37+,56-50+. The van der Waals surface area contributed by atoms with Crippen molar-refractivity contribution in [3.05, 3.63) is 240 Å². The van der Waals surface area contributed by atoms with Gasteiger partial charge in [0.15, 0.2) is 0 Å². The molecule has 2 aromatic heterocycles. The molecule has 58 heavy (non-hydrogen) atoms. The summed E-state index contributed by atoms with van der Waals surface area (Å²) < 4.78 is 2.37. The summed E-state index contributed by atoms with van der Waals surface area (Å²) in [6.45, 7) is 2.27. The number of hydrogen-bond donors (Lipinski definition) is 0. The van der Waals surface area contributed by atoms with Crippen molar-refractivity contribution in [2.75, 3.05) is 0 Å². The number of fused-ring (bicyclic) bond motifs is 6. The molecule has 11 rings (SSSR count). The van der Waals surface area contributed by atoms with Crippen LogP contribution in [-0.2, 0) is 0 Å². The van der Waals surface area contributed by atoms with Crippen LogP contribution in [0.3, 0.4) is 0 Å². The number of rotatable bonds is 5. The Bertz CT molecular complexity index is 3510. The molecule has 2 heteroatoms. The molecule has 0 aliphatic carbocycles. The van der Waals surface area contributed by atoms with E-state index in [1.807, 2.05) is 12.4 Å². The second-order valence-electron chi connectivity index (χ2n) is 15.2. The van der Waals surface area contributed by atoms with Gasteiger partial charge in [0.05, 0.1) is 11.0 Å². The molecule has 0 aliphatic heterocycles. The van der Waals surface area contributed by atoms with Crippen LogP contribution in [-0.4, -0.2) is 9.55 Å². The predicted molar refractivity (Wildman–Crippen MR) is 245 cm³/mol. The van der Waals surface area contributed by atoms with Gasteiger partial charge in [0.2, 0.25) is 0 Å².